The Morgan fingerprint density at radius 2 is 1.96 bits per heavy atom. The minimum absolute atomic E-state index is 0.00258. The summed E-state index contributed by atoms with van der Waals surface area (Å²) in [5, 5.41) is 0. The molecule has 25 heavy (non-hydrogen) atoms. The van der Waals surface area contributed by atoms with E-state index >= 15 is 0 Å². The highest BCUT2D eigenvalue weighted by Crippen LogP contribution is 2.22. The van der Waals surface area contributed by atoms with Gasteiger partial charge in [0.1, 0.15) is 5.82 Å². The number of carbonyl (C=O) groups is 2. The number of halogens is 1. The first-order valence-corrected chi connectivity index (χ1v) is 10.2. The van der Waals surface area contributed by atoms with E-state index in [0.717, 1.165) is 0 Å². The number of benzene rings is 1. The summed E-state index contributed by atoms with van der Waals surface area (Å²) in [6.45, 7) is 0.997. The van der Waals surface area contributed by atoms with E-state index in [1.54, 1.807) is 21.9 Å². The molecule has 2 fully saturated rings. The molecule has 0 aromatic heterocycles. The lowest BCUT2D eigenvalue weighted by Gasteiger charge is -2.36. The number of rotatable bonds is 3. The van der Waals surface area contributed by atoms with E-state index in [1.807, 2.05) is 0 Å². The molecule has 1 aromatic carbocycles. The van der Waals surface area contributed by atoms with E-state index in [2.05, 4.69) is 0 Å². The fourth-order valence-corrected chi connectivity index (χ4v) is 4.52. The molecule has 2 saturated heterocycles. The largest absolute Gasteiger partial charge is 0.340 e. The summed E-state index contributed by atoms with van der Waals surface area (Å²) in [5.41, 5.74) is 0.686. The molecular weight excluding hydrogens is 347 g/mol. The highest BCUT2D eigenvalue weighted by Gasteiger charge is 2.34. The molecule has 136 valence electrons. The van der Waals surface area contributed by atoms with Crippen molar-refractivity contribution in [3.63, 3.8) is 0 Å². The van der Waals surface area contributed by atoms with Crippen LogP contribution in [0.5, 0.6) is 0 Å². The molecule has 2 aliphatic rings. The van der Waals surface area contributed by atoms with Crippen LogP contribution in [0.2, 0.25) is 0 Å². The lowest BCUT2D eigenvalue weighted by molar-refractivity contribution is -0.143. The number of likely N-dealkylation sites (tertiary alicyclic amines) is 1. The van der Waals surface area contributed by atoms with E-state index in [9.17, 15) is 22.4 Å². The highest BCUT2D eigenvalue weighted by atomic mass is 32.2. The van der Waals surface area contributed by atoms with Gasteiger partial charge in [-0.1, -0.05) is 12.1 Å². The number of hydrogen-bond acceptors (Lipinski definition) is 4. The van der Waals surface area contributed by atoms with Crippen molar-refractivity contribution < 1.29 is 22.4 Å². The van der Waals surface area contributed by atoms with Crippen LogP contribution in [0.4, 0.5) is 4.39 Å². The van der Waals surface area contributed by atoms with Crippen LogP contribution in [0.1, 0.15) is 18.4 Å². The number of piperidine rings is 1. The Morgan fingerprint density at radius 3 is 2.64 bits per heavy atom. The van der Waals surface area contributed by atoms with Crippen LogP contribution in [0.25, 0.3) is 0 Å². The Balaban J connectivity index is 1.64. The van der Waals surface area contributed by atoms with Gasteiger partial charge in [0.25, 0.3) is 0 Å². The highest BCUT2D eigenvalue weighted by molar-refractivity contribution is 7.91. The zero-order valence-electron chi connectivity index (χ0n) is 13.9. The second-order valence-corrected chi connectivity index (χ2v) is 8.92. The smallest absolute Gasteiger partial charge is 0.227 e. The SMILES string of the molecule is O=C1CCC(C(=O)N2CCS(=O)(=O)CC2)CN1Cc1cccc(F)c1. The molecule has 3 rings (SSSR count). The Hall–Kier alpha value is -1.96. The van der Waals surface area contributed by atoms with Gasteiger partial charge in [-0.05, 0) is 24.1 Å². The van der Waals surface area contributed by atoms with Crippen LogP contribution in [-0.2, 0) is 26.0 Å². The van der Waals surface area contributed by atoms with Gasteiger partial charge in [0.2, 0.25) is 11.8 Å². The first-order valence-electron chi connectivity index (χ1n) is 8.35. The van der Waals surface area contributed by atoms with Gasteiger partial charge in [0.05, 0.1) is 17.4 Å². The first kappa shape index (κ1) is 17.8. The number of sulfone groups is 1. The van der Waals surface area contributed by atoms with Crippen LogP contribution < -0.4 is 0 Å². The molecular formula is C17H21FN2O4S. The van der Waals surface area contributed by atoms with Crippen LogP contribution in [0.15, 0.2) is 24.3 Å². The Morgan fingerprint density at radius 1 is 1.24 bits per heavy atom. The van der Waals surface area contributed by atoms with Crippen LogP contribution >= 0.6 is 0 Å². The summed E-state index contributed by atoms with van der Waals surface area (Å²) in [5.74, 6) is -0.827. The average Bonchev–Trinajstić information content (AvgIpc) is 2.56. The van der Waals surface area contributed by atoms with Gasteiger partial charge >= 0.3 is 0 Å². The molecule has 0 aliphatic carbocycles. The van der Waals surface area contributed by atoms with Gasteiger partial charge in [0.15, 0.2) is 9.84 Å². The monoisotopic (exact) mass is 368 g/mol. The molecule has 0 saturated carbocycles. The standard InChI is InChI=1S/C17H21FN2O4S/c18-15-3-1-2-13(10-15)11-20-12-14(4-5-16(20)21)17(22)19-6-8-25(23,24)9-7-19/h1-3,10,14H,4-9,11-12H2. The summed E-state index contributed by atoms with van der Waals surface area (Å²) in [4.78, 5) is 28.0. The molecule has 0 bridgehead atoms. The molecule has 1 atom stereocenters. The van der Waals surface area contributed by atoms with Crippen molar-refractivity contribution >= 4 is 21.7 Å². The number of amides is 2. The number of hydrogen-bond donors (Lipinski definition) is 0. The van der Waals surface area contributed by atoms with Crippen molar-refractivity contribution in [2.75, 3.05) is 31.1 Å². The van der Waals surface area contributed by atoms with Gasteiger partial charge in [-0.25, -0.2) is 12.8 Å². The Kier molecular flexibility index (Phi) is 5.08. The van der Waals surface area contributed by atoms with Gasteiger partial charge < -0.3 is 9.80 Å². The van der Waals surface area contributed by atoms with E-state index in [0.29, 0.717) is 12.0 Å². The summed E-state index contributed by atoms with van der Waals surface area (Å²) >= 11 is 0. The predicted octanol–water partition coefficient (Wildman–Crippen LogP) is 0.821. The van der Waals surface area contributed by atoms with Crippen LogP contribution in [0, 0.1) is 11.7 Å². The minimum atomic E-state index is -3.04. The van der Waals surface area contributed by atoms with Crippen LogP contribution in [0.3, 0.4) is 0 Å². The summed E-state index contributed by atoms with van der Waals surface area (Å²) < 4.78 is 36.3. The molecule has 0 radical (unpaired) electrons. The van der Waals surface area contributed by atoms with Crippen molar-refractivity contribution in [1.82, 2.24) is 9.80 Å². The average molecular weight is 368 g/mol. The quantitative estimate of drug-likeness (QED) is 0.792. The number of carbonyl (C=O) groups excluding carboxylic acids is 2. The third-order valence-corrected chi connectivity index (χ3v) is 6.38. The zero-order valence-corrected chi connectivity index (χ0v) is 14.7. The van der Waals surface area contributed by atoms with E-state index in [4.69, 9.17) is 0 Å². The molecule has 8 heteroatoms. The third-order valence-electron chi connectivity index (χ3n) is 4.77. The summed E-state index contributed by atoms with van der Waals surface area (Å²) in [7, 11) is -3.04. The topological polar surface area (TPSA) is 74.8 Å². The third kappa shape index (κ3) is 4.36. The molecule has 6 nitrogen and oxygen atoms in total. The van der Waals surface area contributed by atoms with Crippen molar-refractivity contribution in [2.45, 2.75) is 19.4 Å². The second-order valence-electron chi connectivity index (χ2n) is 6.62. The van der Waals surface area contributed by atoms with Gasteiger partial charge in [0, 0.05) is 32.6 Å². The Bertz CT molecular complexity index is 767. The fraction of sp³-hybridized carbons (Fsp3) is 0.529. The van der Waals surface area contributed by atoms with Gasteiger partial charge in [-0.15, -0.1) is 0 Å². The predicted molar refractivity (Wildman–Crippen MR) is 89.8 cm³/mol. The van der Waals surface area contributed by atoms with E-state index in [1.165, 1.54) is 12.1 Å². The molecule has 2 aliphatic heterocycles. The Labute approximate surface area is 146 Å². The molecule has 1 unspecified atom stereocenters. The maximum absolute atomic E-state index is 13.3. The lowest BCUT2D eigenvalue weighted by atomic mass is 9.95. The van der Waals surface area contributed by atoms with Gasteiger partial charge in [-0.2, -0.15) is 0 Å². The van der Waals surface area contributed by atoms with Crippen molar-refractivity contribution in [2.24, 2.45) is 5.92 Å². The molecule has 2 amide bonds. The normalized spacial score (nSPS) is 23.6. The molecule has 1 aromatic rings. The maximum atomic E-state index is 13.3. The van der Waals surface area contributed by atoms with Crippen molar-refractivity contribution in [3.05, 3.63) is 35.6 Å². The molecule has 2 heterocycles. The van der Waals surface area contributed by atoms with Crippen LogP contribution in [-0.4, -0.2) is 61.2 Å². The van der Waals surface area contributed by atoms with Crippen molar-refractivity contribution in [1.29, 1.82) is 0 Å². The van der Waals surface area contributed by atoms with E-state index in [-0.39, 0.29) is 67.7 Å². The summed E-state index contributed by atoms with van der Waals surface area (Å²) in [6, 6.07) is 6.07. The lowest BCUT2D eigenvalue weighted by Crippen LogP contribution is -2.50. The number of nitrogens with zero attached hydrogens (tertiary/aromatic N) is 2. The summed E-state index contributed by atoms with van der Waals surface area (Å²) in [6.07, 6.45) is 0.748. The fourth-order valence-electron chi connectivity index (χ4n) is 3.32. The second kappa shape index (κ2) is 7.11. The molecule has 0 spiro atoms. The minimum Gasteiger partial charge on any atom is -0.340 e. The maximum Gasteiger partial charge on any atom is 0.227 e. The van der Waals surface area contributed by atoms with Crippen molar-refractivity contribution in [3.8, 4) is 0 Å². The first-order chi connectivity index (χ1) is 11.8. The molecule has 0 N–H and O–H groups in total. The zero-order chi connectivity index (χ0) is 18.0. The van der Waals surface area contributed by atoms with Gasteiger partial charge in [-0.3, -0.25) is 9.59 Å². The van der Waals surface area contributed by atoms with E-state index < -0.39 is 9.84 Å².